The first kappa shape index (κ1) is 12.3. The van der Waals surface area contributed by atoms with Crippen molar-refractivity contribution in [2.45, 2.75) is 25.8 Å². The number of carbonyl (C=O) groups is 2. The first-order valence-corrected chi connectivity index (χ1v) is 4.07. The van der Waals surface area contributed by atoms with E-state index >= 15 is 0 Å². The van der Waals surface area contributed by atoms with E-state index in [0.29, 0.717) is 0 Å². The van der Waals surface area contributed by atoms with Crippen molar-refractivity contribution < 1.29 is 24.2 Å². The predicted octanol–water partition coefficient (Wildman–Crippen LogP) is 0.119. The van der Waals surface area contributed by atoms with E-state index in [1.807, 2.05) is 0 Å². The molecule has 0 aliphatic heterocycles. The second-order valence-corrected chi connectivity index (χ2v) is 2.42. The molecule has 0 radical (unpaired) electrons. The summed E-state index contributed by atoms with van der Waals surface area (Å²) in [7, 11) is 0. The number of rotatable bonds is 6. The third-order valence-corrected chi connectivity index (χ3v) is 1.42. The Kier molecular flexibility index (Phi) is 5.98. The molecule has 14 heavy (non-hydrogen) atoms. The number of carboxylic acids is 1. The molecular weight excluding hydrogens is 190 g/mol. The van der Waals surface area contributed by atoms with E-state index in [9.17, 15) is 14.4 Å². The van der Waals surface area contributed by atoms with Crippen molar-refractivity contribution in [2.75, 3.05) is 6.61 Å². The molecule has 0 heterocycles. The Morgan fingerprint density at radius 1 is 1.57 bits per heavy atom. The molecule has 0 unspecified atom stereocenters. The Hall–Kier alpha value is -1.68. The number of hydrogen-bond donors (Lipinski definition) is 1. The van der Waals surface area contributed by atoms with Crippen molar-refractivity contribution >= 4 is 18.0 Å². The number of esters is 1. The predicted molar refractivity (Wildman–Crippen MR) is 45.4 cm³/mol. The van der Waals surface area contributed by atoms with Gasteiger partial charge in [-0.15, -0.1) is 0 Å². The number of isocyanates is 1. The summed E-state index contributed by atoms with van der Waals surface area (Å²) in [6.45, 7) is 1.89. The number of carboxylic acid groups (broad SMARTS) is 1. The molecule has 6 heteroatoms. The molecule has 0 aliphatic rings. The fourth-order valence-electron chi connectivity index (χ4n) is 0.795. The van der Waals surface area contributed by atoms with Gasteiger partial charge in [-0.05, 0) is 13.3 Å². The highest BCUT2D eigenvalue weighted by Crippen LogP contribution is 2.03. The lowest BCUT2D eigenvalue weighted by Crippen LogP contribution is -2.19. The molecule has 1 atom stereocenters. The molecule has 0 spiro atoms. The van der Waals surface area contributed by atoms with Gasteiger partial charge in [0.05, 0.1) is 6.61 Å². The van der Waals surface area contributed by atoms with Crippen LogP contribution < -0.4 is 0 Å². The molecule has 0 saturated carbocycles. The minimum absolute atomic E-state index is 0.0522. The van der Waals surface area contributed by atoms with Crippen LogP contribution in [0.2, 0.25) is 0 Å². The summed E-state index contributed by atoms with van der Waals surface area (Å²) in [5, 5.41) is 8.52. The van der Waals surface area contributed by atoms with Crippen LogP contribution in [0.25, 0.3) is 0 Å². The van der Waals surface area contributed by atoms with Gasteiger partial charge in [-0.3, -0.25) is 4.79 Å². The second-order valence-electron chi connectivity index (χ2n) is 2.42. The van der Waals surface area contributed by atoms with E-state index in [0.717, 1.165) is 6.08 Å². The van der Waals surface area contributed by atoms with Gasteiger partial charge in [-0.1, -0.05) is 0 Å². The van der Waals surface area contributed by atoms with Crippen molar-refractivity contribution in [3.63, 3.8) is 0 Å². The van der Waals surface area contributed by atoms with Crippen LogP contribution in [0.4, 0.5) is 0 Å². The Morgan fingerprint density at radius 3 is 2.64 bits per heavy atom. The summed E-state index contributed by atoms with van der Waals surface area (Å²) in [5.41, 5.74) is 0. The van der Waals surface area contributed by atoms with Gasteiger partial charge >= 0.3 is 11.9 Å². The molecule has 6 nitrogen and oxygen atoms in total. The maximum atomic E-state index is 10.8. The van der Waals surface area contributed by atoms with E-state index in [2.05, 4.69) is 9.73 Å². The van der Waals surface area contributed by atoms with Crippen LogP contribution in [0.1, 0.15) is 19.8 Å². The Morgan fingerprint density at radius 2 is 2.21 bits per heavy atom. The lowest BCUT2D eigenvalue weighted by atomic mass is 10.2. The third-order valence-electron chi connectivity index (χ3n) is 1.42. The lowest BCUT2D eigenvalue weighted by molar-refractivity contribution is -0.143. The first-order chi connectivity index (χ1) is 6.61. The van der Waals surface area contributed by atoms with Gasteiger partial charge in [0.2, 0.25) is 6.08 Å². The topological polar surface area (TPSA) is 93.0 Å². The van der Waals surface area contributed by atoms with Crippen LogP contribution in [-0.4, -0.2) is 35.8 Å². The molecular formula is C8H11NO5. The van der Waals surface area contributed by atoms with Gasteiger partial charge in [-0.2, -0.15) is 4.99 Å². The van der Waals surface area contributed by atoms with Gasteiger partial charge in [0.1, 0.15) is 0 Å². The molecule has 0 fully saturated rings. The maximum absolute atomic E-state index is 10.8. The highest BCUT2D eigenvalue weighted by Gasteiger charge is 2.17. The number of carbonyl (C=O) groups excluding carboxylic acids is 2. The minimum atomic E-state index is -1.25. The monoisotopic (exact) mass is 201 g/mol. The summed E-state index contributed by atoms with van der Waals surface area (Å²) in [4.78, 5) is 34.1. The smallest absolute Gasteiger partial charge is 0.329 e. The van der Waals surface area contributed by atoms with E-state index < -0.39 is 18.0 Å². The van der Waals surface area contributed by atoms with Gasteiger partial charge < -0.3 is 9.84 Å². The average Bonchev–Trinajstić information content (AvgIpc) is 2.12. The molecule has 78 valence electrons. The normalized spacial score (nSPS) is 11.2. The van der Waals surface area contributed by atoms with Gasteiger partial charge in [-0.25, -0.2) is 9.59 Å². The molecule has 1 N–H and O–H groups in total. The van der Waals surface area contributed by atoms with Crippen LogP contribution in [0.3, 0.4) is 0 Å². The van der Waals surface area contributed by atoms with E-state index in [1.165, 1.54) is 0 Å². The fraction of sp³-hybridized carbons (Fsp3) is 0.625. The van der Waals surface area contributed by atoms with E-state index in [-0.39, 0.29) is 19.4 Å². The summed E-state index contributed by atoms with van der Waals surface area (Å²) in [6, 6.07) is -1.21. The Labute approximate surface area is 80.6 Å². The van der Waals surface area contributed by atoms with Crippen LogP contribution in [0.5, 0.6) is 0 Å². The fourth-order valence-corrected chi connectivity index (χ4v) is 0.795. The Balaban J connectivity index is 4.00. The molecule has 0 aliphatic carbocycles. The lowest BCUT2D eigenvalue weighted by Gasteiger charge is -2.04. The highest BCUT2D eigenvalue weighted by atomic mass is 16.5. The van der Waals surface area contributed by atoms with Crippen molar-refractivity contribution in [3.05, 3.63) is 0 Å². The van der Waals surface area contributed by atoms with Crippen molar-refractivity contribution in [1.82, 2.24) is 0 Å². The summed E-state index contributed by atoms with van der Waals surface area (Å²) >= 11 is 0. The number of ether oxygens (including phenoxy) is 1. The minimum Gasteiger partial charge on any atom is -0.480 e. The van der Waals surface area contributed by atoms with Crippen LogP contribution in [0, 0.1) is 0 Å². The maximum Gasteiger partial charge on any atom is 0.329 e. The quantitative estimate of drug-likeness (QED) is 0.374. The third kappa shape index (κ3) is 5.05. The molecule has 0 amide bonds. The van der Waals surface area contributed by atoms with Crippen molar-refractivity contribution in [2.24, 2.45) is 4.99 Å². The average molecular weight is 201 g/mol. The van der Waals surface area contributed by atoms with Gasteiger partial charge in [0.25, 0.3) is 0 Å². The number of aliphatic imine (C=N–C) groups is 1. The summed E-state index contributed by atoms with van der Waals surface area (Å²) < 4.78 is 4.58. The van der Waals surface area contributed by atoms with Crippen LogP contribution in [0.15, 0.2) is 4.99 Å². The van der Waals surface area contributed by atoms with Gasteiger partial charge in [0, 0.05) is 6.42 Å². The number of aliphatic carboxylic acids is 1. The van der Waals surface area contributed by atoms with Crippen molar-refractivity contribution in [1.29, 1.82) is 0 Å². The van der Waals surface area contributed by atoms with E-state index in [1.54, 1.807) is 6.92 Å². The van der Waals surface area contributed by atoms with Crippen LogP contribution in [-0.2, 0) is 19.1 Å². The standard InChI is InChI=1S/C8H11NO5/c1-2-14-7(11)4-3-6(8(12)13)9-5-10/h6H,2-4H2,1H3,(H,12,13)/t6-/m0/s1. The highest BCUT2D eigenvalue weighted by molar-refractivity contribution is 5.76. The Bertz CT molecular complexity index is 254. The molecule has 0 rings (SSSR count). The van der Waals surface area contributed by atoms with Crippen molar-refractivity contribution in [3.8, 4) is 0 Å². The number of hydrogen-bond acceptors (Lipinski definition) is 5. The molecule has 0 aromatic heterocycles. The second kappa shape index (κ2) is 6.80. The van der Waals surface area contributed by atoms with Gasteiger partial charge in [0.15, 0.2) is 6.04 Å². The summed E-state index contributed by atoms with van der Waals surface area (Å²) in [5.74, 6) is -1.75. The number of nitrogens with zero attached hydrogens (tertiary/aromatic N) is 1. The molecule has 0 saturated heterocycles. The largest absolute Gasteiger partial charge is 0.480 e. The zero-order chi connectivity index (χ0) is 11.0. The first-order valence-electron chi connectivity index (χ1n) is 4.07. The zero-order valence-corrected chi connectivity index (χ0v) is 7.73. The molecule has 0 aromatic carbocycles. The van der Waals surface area contributed by atoms with Crippen LogP contribution >= 0.6 is 0 Å². The molecule has 0 aromatic rings. The van der Waals surface area contributed by atoms with E-state index in [4.69, 9.17) is 5.11 Å². The SMILES string of the molecule is CCOC(=O)CC[C@H](N=C=O)C(=O)O. The zero-order valence-electron chi connectivity index (χ0n) is 7.73. The molecule has 0 bridgehead atoms. The summed E-state index contributed by atoms with van der Waals surface area (Å²) in [6.07, 6.45) is 1.02.